The summed E-state index contributed by atoms with van der Waals surface area (Å²) in [5.41, 5.74) is 15.2. The molecule has 0 aliphatic heterocycles. The quantitative estimate of drug-likeness (QED) is 0.138. The molecule has 0 N–H and O–H groups in total. The third-order valence-electron chi connectivity index (χ3n) is 12.7. The van der Waals surface area contributed by atoms with Crippen LogP contribution in [0.5, 0.6) is 0 Å². The van der Waals surface area contributed by atoms with Crippen LogP contribution in [-0.4, -0.2) is 0 Å². The maximum atomic E-state index is 2.45. The topological polar surface area (TPSA) is 3.24 Å². The molecule has 0 aliphatic rings. The first-order valence-corrected chi connectivity index (χ1v) is 22.7. The first-order chi connectivity index (χ1) is 31.7. The Bertz CT molecular complexity index is 3640. The Morgan fingerprint density at radius 2 is 0.797 bits per heavy atom. The van der Waals surface area contributed by atoms with Crippen molar-refractivity contribution in [2.75, 3.05) is 4.90 Å². The number of benzene rings is 11. The van der Waals surface area contributed by atoms with Gasteiger partial charge in [-0.15, -0.1) is 11.3 Å². The highest BCUT2D eigenvalue weighted by molar-refractivity contribution is 7.26. The summed E-state index contributed by atoms with van der Waals surface area (Å²) in [5.74, 6) is 0. The van der Waals surface area contributed by atoms with Gasteiger partial charge in [-0.3, -0.25) is 0 Å². The van der Waals surface area contributed by atoms with Crippen LogP contribution < -0.4 is 4.90 Å². The van der Waals surface area contributed by atoms with E-state index in [0.717, 1.165) is 17.1 Å². The van der Waals surface area contributed by atoms with Crippen LogP contribution in [0.15, 0.2) is 249 Å². The van der Waals surface area contributed by atoms with Crippen molar-refractivity contribution < 1.29 is 0 Å². The summed E-state index contributed by atoms with van der Waals surface area (Å²) in [6, 6.07) is 91.0. The summed E-state index contributed by atoms with van der Waals surface area (Å²) in [5, 5.41) is 7.69. The van der Waals surface area contributed by atoms with Crippen LogP contribution in [0.2, 0.25) is 0 Å². The van der Waals surface area contributed by atoms with Crippen molar-refractivity contribution in [1.82, 2.24) is 0 Å². The average molecular weight is 832 g/mol. The number of rotatable bonds is 8. The van der Waals surface area contributed by atoms with Gasteiger partial charge in [-0.05, 0) is 114 Å². The van der Waals surface area contributed by atoms with Gasteiger partial charge in [0.2, 0.25) is 0 Å². The zero-order valence-electron chi connectivity index (χ0n) is 35.0. The molecule has 0 bridgehead atoms. The minimum Gasteiger partial charge on any atom is -0.310 e. The number of nitrogens with zero attached hydrogens (tertiary/aromatic N) is 1. The van der Waals surface area contributed by atoms with E-state index in [1.54, 1.807) is 0 Å². The lowest BCUT2D eigenvalue weighted by molar-refractivity contribution is 1.28. The largest absolute Gasteiger partial charge is 0.310 e. The SMILES string of the molecule is c1ccc(-c2ccccc2-c2c(-c3ccccc3)cccc2N(c2ccc(-c3ccc4c(ccc5ccccc54)c3)cc2)c2ccc(-c3cccc4c3sc3ccccc34)cc2)cc1. The van der Waals surface area contributed by atoms with Crippen LogP contribution in [0, 0.1) is 0 Å². The highest BCUT2D eigenvalue weighted by Gasteiger charge is 2.23. The normalized spacial score (nSPS) is 11.4. The molecule has 12 aromatic rings. The molecule has 2 heteroatoms. The van der Waals surface area contributed by atoms with Gasteiger partial charge < -0.3 is 4.90 Å². The summed E-state index contributed by atoms with van der Waals surface area (Å²) in [4.78, 5) is 2.45. The van der Waals surface area contributed by atoms with Crippen LogP contribution in [0.1, 0.15) is 0 Å². The predicted molar refractivity (Wildman–Crippen MR) is 276 cm³/mol. The average Bonchev–Trinajstić information content (AvgIpc) is 3.76. The highest BCUT2D eigenvalue weighted by Crippen LogP contribution is 2.49. The van der Waals surface area contributed by atoms with Gasteiger partial charge in [-0.2, -0.15) is 0 Å². The van der Waals surface area contributed by atoms with Gasteiger partial charge in [0, 0.05) is 37.1 Å². The zero-order chi connectivity index (χ0) is 42.4. The van der Waals surface area contributed by atoms with E-state index < -0.39 is 0 Å². The minimum atomic E-state index is 1.08. The number of hydrogen-bond donors (Lipinski definition) is 0. The number of anilines is 3. The Labute approximate surface area is 377 Å². The summed E-state index contributed by atoms with van der Waals surface area (Å²) >= 11 is 1.88. The van der Waals surface area contributed by atoms with Crippen molar-refractivity contribution in [3.63, 3.8) is 0 Å². The van der Waals surface area contributed by atoms with Crippen LogP contribution in [0.3, 0.4) is 0 Å². The molecule has 12 rings (SSSR count). The number of fused-ring (bicyclic) bond motifs is 6. The van der Waals surface area contributed by atoms with Gasteiger partial charge in [-0.25, -0.2) is 0 Å². The summed E-state index contributed by atoms with van der Waals surface area (Å²) in [6.45, 7) is 0. The molecular formula is C62H41NS. The van der Waals surface area contributed by atoms with E-state index in [1.165, 1.54) is 97.4 Å². The van der Waals surface area contributed by atoms with Gasteiger partial charge in [0.1, 0.15) is 0 Å². The molecule has 0 saturated carbocycles. The van der Waals surface area contributed by atoms with E-state index in [1.807, 2.05) is 11.3 Å². The Morgan fingerprint density at radius 3 is 1.56 bits per heavy atom. The van der Waals surface area contributed by atoms with E-state index in [2.05, 4.69) is 254 Å². The second-order valence-corrected chi connectivity index (χ2v) is 17.5. The lowest BCUT2D eigenvalue weighted by Gasteiger charge is -2.30. The summed E-state index contributed by atoms with van der Waals surface area (Å²) in [7, 11) is 0. The number of thiophene rings is 1. The Hall–Kier alpha value is -8.04. The van der Waals surface area contributed by atoms with E-state index >= 15 is 0 Å². The standard InChI is InChI=1S/C62H41NS/c1-3-15-43(16-4-1)52-21-9-10-23-57(52)61-54(44-17-5-2-6-18-44)24-14-27-59(61)63(50-38-33-46(34-39-50)55-25-13-26-58-56-22-11-12-28-60(56)64-62(55)58)49-36-31-42(32-37-49)47-35-40-53-48(41-47)30-29-45-19-7-8-20-51(45)53/h1-41H. The summed E-state index contributed by atoms with van der Waals surface area (Å²) < 4.78 is 2.64. The Balaban J connectivity index is 1.04. The molecule has 0 spiro atoms. The van der Waals surface area contributed by atoms with E-state index in [-0.39, 0.29) is 0 Å². The highest BCUT2D eigenvalue weighted by atomic mass is 32.1. The van der Waals surface area contributed by atoms with Crippen molar-refractivity contribution in [2.24, 2.45) is 0 Å². The molecule has 0 fully saturated rings. The molecule has 0 aliphatic carbocycles. The van der Waals surface area contributed by atoms with Crippen LogP contribution in [0.4, 0.5) is 17.1 Å². The molecule has 300 valence electrons. The first-order valence-electron chi connectivity index (χ1n) is 21.9. The fraction of sp³-hybridized carbons (Fsp3) is 0. The molecular weight excluding hydrogens is 791 g/mol. The third-order valence-corrected chi connectivity index (χ3v) is 13.9. The molecule has 1 heterocycles. The molecule has 11 aromatic carbocycles. The van der Waals surface area contributed by atoms with Crippen LogP contribution in [0.25, 0.3) is 97.4 Å². The van der Waals surface area contributed by atoms with Crippen molar-refractivity contribution in [2.45, 2.75) is 0 Å². The van der Waals surface area contributed by atoms with Crippen molar-refractivity contribution >= 4 is 70.1 Å². The van der Waals surface area contributed by atoms with E-state index in [4.69, 9.17) is 0 Å². The lowest BCUT2D eigenvalue weighted by Crippen LogP contribution is -2.12. The molecule has 1 nitrogen and oxygen atoms in total. The van der Waals surface area contributed by atoms with Gasteiger partial charge in [-0.1, -0.05) is 206 Å². The number of hydrogen-bond acceptors (Lipinski definition) is 2. The van der Waals surface area contributed by atoms with Gasteiger partial charge in [0.15, 0.2) is 0 Å². The van der Waals surface area contributed by atoms with Gasteiger partial charge in [0.05, 0.1) is 5.69 Å². The van der Waals surface area contributed by atoms with E-state index in [9.17, 15) is 0 Å². The molecule has 0 atom stereocenters. The van der Waals surface area contributed by atoms with Gasteiger partial charge >= 0.3 is 0 Å². The summed E-state index contributed by atoms with van der Waals surface area (Å²) in [6.07, 6.45) is 0. The smallest absolute Gasteiger partial charge is 0.0546 e. The molecule has 64 heavy (non-hydrogen) atoms. The maximum Gasteiger partial charge on any atom is 0.0546 e. The Kier molecular flexibility index (Phi) is 9.43. The molecule has 0 unspecified atom stereocenters. The molecule has 0 saturated heterocycles. The second kappa shape index (κ2) is 16.0. The third kappa shape index (κ3) is 6.64. The second-order valence-electron chi connectivity index (χ2n) is 16.4. The monoisotopic (exact) mass is 831 g/mol. The van der Waals surface area contributed by atoms with Crippen molar-refractivity contribution in [1.29, 1.82) is 0 Å². The first kappa shape index (κ1) is 37.7. The van der Waals surface area contributed by atoms with Crippen LogP contribution >= 0.6 is 11.3 Å². The fourth-order valence-corrected chi connectivity index (χ4v) is 10.9. The fourth-order valence-electron chi connectivity index (χ4n) is 9.63. The zero-order valence-corrected chi connectivity index (χ0v) is 35.8. The molecule has 0 amide bonds. The lowest BCUT2D eigenvalue weighted by atomic mass is 9.87. The van der Waals surface area contributed by atoms with Crippen LogP contribution in [-0.2, 0) is 0 Å². The predicted octanol–water partition coefficient (Wildman–Crippen LogP) is 18.2. The van der Waals surface area contributed by atoms with Gasteiger partial charge in [0.25, 0.3) is 0 Å². The maximum absolute atomic E-state index is 2.45. The minimum absolute atomic E-state index is 1.08. The molecule has 1 aromatic heterocycles. The van der Waals surface area contributed by atoms with Crippen molar-refractivity contribution in [3.8, 4) is 55.6 Å². The van der Waals surface area contributed by atoms with Crippen molar-refractivity contribution in [3.05, 3.63) is 249 Å². The van der Waals surface area contributed by atoms with E-state index in [0.29, 0.717) is 0 Å². The molecule has 0 radical (unpaired) electrons. The Morgan fingerprint density at radius 1 is 0.281 bits per heavy atom.